The molecule has 1 aliphatic carbocycles. The van der Waals surface area contributed by atoms with E-state index >= 15 is 0 Å². The molecule has 0 spiro atoms. The van der Waals surface area contributed by atoms with Crippen LogP contribution in [0.25, 0.3) is 5.70 Å². The second-order valence-corrected chi connectivity index (χ2v) is 9.99. The molecule has 1 unspecified atom stereocenters. The highest BCUT2D eigenvalue weighted by molar-refractivity contribution is 5.91. The summed E-state index contributed by atoms with van der Waals surface area (Å²) in [6, 6.07) is 13.7. The van der Waals surface area contributed by atoms with Crippen LogP contribution in [0.1, 0.15) is 22.3 Å². The van der Waals surface area contributed by atoms with Crippen molar-refractivity contribution in [3.63, 3.8) is 0 Å². The molecular formula is C29H29N5O3. The van der Waals surface area contributed by atoms with Crippen molar-refractivity contribution in [3.8, 4) is 5.75 Å². The van der Waals surface area contributed by atoms with Gasteiger partial charge in [0.1, 0.15) is 5.75 Å². The Hall–Kier alpha value is -3.88. The number of fused-ring (bicyclic) bond motifs is 2. The zero-order valence-electron chi connectivity index (χ0n) is 20.8. The molecular weight excluding hydrogens is 466 g/mol. The Morgan fingerprint density at radius 1 is 0.973 bits per heavy atom. The van der Waals surface area contributed by atoms with Crippen molar-refractivity contribution in [1.82, 2.24) is 14.7 Å². The van der Waals surface area contributed by atoms with Crippen LogP contribution in [-0.2, 0) is 24.4 Å². The number of amides is 2. The molecule has 1 fully saturated rings. The fourth-order valence-corrected chi connectivity index (χ4v) is 5.21. The Balaban J connectivity index is 1.09. The predicted octanol–water partition coefficient (Wildman–Crippen LogP) is 4.39. The molecule has 3 heterocycles. The zero-order valence-corrected chi connectivity index (χ0v) is 20.8. The molecule has 2 amide bonds. The lowest BCUT2D eigenvalue weighted by molar-refractivity contribution is -0.119. The highest BCUT2D eigenvalue weighted by Crippen LogP contribution is 2.34. The number of azo groups is 1. The number of carbonyl (C=O) groups excluding carboxylic acids is 2. The number of piperazine rings is 1. The minimum Gasteiger partial charge on any atom is -0.410 e. The fourth-order valence-electron chi connectivity index (χ4n) is 5.21. The van der Waals surface area contributed by atoms with Gasteiger partial charge in [-0.2, -0.15) is 0 Å². The van der Waals surface area contributed by atoms with E-state index in [9.17, 15) is 9.59 Å². The van der Waals surface area contributed by atoms with E-state index in [2.05, 4.69) is 45.3 Å². The van der Waals surface area contributed by atoms with E-state index in [4.69, 9.17) is 4.74 Å². The van der Waals surface area contributed by atoms with E-state index in [0.29, 0.717) is 24.5 Å². The topological polar surface area (TPSA) is 77.8 Å². The van der Waals surface area contributed by atoms with Gasteiger partial charge in [-0.25, -0.2) is 4.79 Å². The van der Waals surface area contributed by atoms with Crippen molar-refractivity contribution in [1.29, 1.82) is 0 Å². The first-order chi connectivity index (χ1) is 18.0. The molecule has 3 aliphatic heterocycles. The Morgan fingerprint density at radius 2 is 1.76 bits per heavy atom. The maximum absolute atomic E-state index is 12.9. The van der Waals surface area contributed by atoms with Gasteiger partial charge in [0.2, 0.25) is 0 Å². The number of hydrogen-bond acceptors (Lipinski definition) is 6. The molecule has 0 aromatic heterocycles. The lowest BCUT2D eigenvalue weighted by atomic mass is 9.89. The number of hydrogen-bond donors (Lipinski definition) is 0. The average molecular weight is 496 g/mol. The van der Waals surface area contributed by atoms with E-state index in [1.54, 1.807) is 17.0 Å². The summed E-state index contributed by atoms with van der Waals surface area (Å²) in [7, 11) is 2.17. The highest BCUT2D eigenvalue weighted by atomic mass is 16.6. The van der Waals surface area contributed by atoms with Gasteiger partial charge in [0.15, 0.2) is 0 Å². The van der Waals surface area contributed by atoms with Crippen LogP contribution < -0.4 is 4.74 Å². The van der Waals surface area contributed by atoms with Crippen molar-refractivity contribution >= 4 is 17.7 Å². The third kappa shape index (κ3) is 4.90. The summed E-state index contributed by atoms with van der Waals surface area (Å²) in [5.41, 5.74) is 5.95. The first-order valence-corrected chi connectivity index (χ1v) is 12.7. The number of allylic oxidation sites excluding steroid dienone is 3. The molecule has 4 aliphatic rings. The third-order valence-corrected chi connectivity index (χ3v) is 7.40. The summed E-state index contributed by atoms with van der Waals surface area (Å²) in [4.78, 5) is 31.6. The molecule has 188 valence electrons. The van der Waals surface area contributed by atoms with Crippen LogP contribution in [0.3, 0.4) is 0 Å². The van der Waals surface area contributed by atoms with Crippen LogP contribution in [0.2, 0.25) is 0 Å². The lowest BCUT2D eigenvalue weighted by Crippen LogP contribution is -2.43. The average Bonchev–Trinajstić information content (AvgIpc) is 3.35. The minimum absolute atomic E-state index is 0.261. The van der Waals surface area contributed by atoms with Crippen molar-refractivity contribution in [2.45, 2.75) is 19.6 Å². The van der Waals surface area contributed by atoms with Crippen molar-refractivity contribution in [2.75, 3.05) is 33.2 Å². The summed E-state index contributed by atoms with van der Waals surface area (Å²) >= 11 is 0. The predicted molar refractivity (Wildman–Crippen MR) is 139 cm³/mol. The van der Waals surface area contributed by atoms with E-state index in [1.165, 1.54) is 16.7 Å². The molecule has 0 radical (unpaired) electrons. The number of benzene rings is 2. The van der Waals surface area contributed by atoms with E-state index in [0.717, 1.165) is 43.9 Å². The number of carbonyl (C=O) groups is 2. The van der Waals surface area contributed by atoms with Crippen molar-refractivity contribution < 1.29 is 14.3 Å². The lowest BCUT2D eigenvalue weighted by Gasteiger charge is -2.32. The number of ether oxygens (including phenoxy) is 1. The molecule has 1 atom stereocenters. The molecule has 37 heavy (non-hydrogen) atoms. The van der Waals surface area contributed by atoms with Gasteiger partial charge in [-0.3, -0.25) is 14.6 Å². The maximum atomic E-state index is 12.9. The quantitative estimate of drug-likeness (QED) is 0.629. The maximum Gasteiger partial charge on any atom is 0.415 e. The Kier molecular flexibility index (Phi) is 6.28. The summed E-state index contributed by atoms with van der Waals surface area (Å²) in [5, 5.41) is 7.94. The van der Waals surface area contributed by atoms with Crippen LogP contribution in [0.5, 0.6) is 5.75 Å². The van der Waals surface area contributed by atoms with Crippen LogP contribution in [0.15, 0.2) is 82.6 Å². The number of rotatable bonds is 4. The zero-order chi connectivity index (χ0) is 25.4. The van der Waals surface area contributed by atoms with E-state index in [-0.39, 0.29) is 12.0 Å². The Bertz CT molecular complexity index is 1350. The summed E-state index contributed by atoms with van der Waals surface area (Å²) in [6.07, 6.45) is 7.09. The third-order valence-electron chi connectivity index (χ3n) is 7.40. The first kappa shape index (κ1) is 23.5. The molecule has 0 bridgehead atoms. The van der Waals surface area contributed by atoms with Crippen molar-refractivity contribution in [3.05, 3.63) is 94.6 Å². The van der Waals surface area contributed by atoms with Gasteiger partial charge in [-0.1, -0.05) is 42.5 Å². The van der Waals surface area contributed by atoms with Gasteiger partial charge in [-0.05, 0) is 53.6 Å². The molecule has 8 heteroatoms. The van der Waals surface area contributed by atoms with Crippen LogP contribution in [-0.4, -0.2) is 59.9 Å². The fraction of sp³-hybridized carbons (Fsp3) is 0.310. The van der Waals surface area contributed by atoms with Gasteiger partial charge in [0.05, 0.1) is 11.6 Å². The standard InChI is InChI=1S/C29H29N5O3/c1-32-12-14-33(15-13-32)17-20-6-7-22-18-34(19-23(22)16-20)29(36)37-24-10-8-21(9-11-24)27-25-4-2-3-5-26(25)28(35)31-30-27/h2-11,16,26H,12-15,17-19H2,1H3. The largest absolute Gasteiger partial charge is 0.415 e. The molecule has 6 rings (SSSR count). The number of nitrogens with zero attached hydrogens (tertiary/aromatic N) is 5. The SMILES string of the molecule is CN1CCN(Cc2ccc3c(c2)CN(C(=O)Oc2ccc(C4=C5C=CC=CC5C(=O)N=N4)cc2)C3)CC1. The Morgan fingerprint density at radius 3 is 2.57 bits per heavy atom. The molecule has 1 saturated heterocycles. The van der Waals surface area contributed by atoms with Gasteiger partial charge < -0.3 is 9.64 Å². The van der Waals surface area contributed by atoms with Gasteiger partial charge in [0, 0.05) is 51.4 Å². The van der Waals surface area contributed by atoms with Crippen LogP contribution >= 0.6 is 0 Å². The van der Waals surface area contributed by atoms with Crippen molar-refractivity contribution in [2.24, 2.45) is 16.1 Å². The molecule has 2 aromatic rings. The molecule has 0 N–H and O–H groups in total. The van der Waals surface area contributed by atoms with Gasteiger partial charge >= 0.3 is 6.09 Å². The first-order valence-electron chi connectivity index (χ1n) is 12.7. The highest BCUT2D eigenvalue weighted by Gasteiger charge is 2.28. The molecule has 2 aromatic carbocycles. The minimum atomic E-state index is -0.395. The van der Waals surface area contributed by atoms with E-state index < -0.39 is 5.92 Å². The second-order valence-electron chi connectivity index (χ2n) is 9.99. The second kappa shape index (κ2) is 9.88. The molecule has 8 nitrogen and oxygen atoms in total. The monoisotopic (exact) mass is 495 g/mol. The number of likely N-dealkylation sites (N-methyl/N-ethyl adjacent to an activating group) is 1. The van der Waals surface area contributed by atoms with E-state index in [1.807, 2.05) is 36.4 Å². The van der Waals surface area contributed by atoms with Gasteiger partial charge in [0.25, 0.3) is 5.91 Å². The van der Waals surface area contributed by atoms with Crippen LogP contribution in [0.4, 0.5) is 4.79 Å². The smallest absolute Gasteiger partial charge is 0.410 e. The Labute approximate surface area is 216 Å². The summed E-state index contributed by atoms with van der Waals surface area (Å²) in [5.74, 6) is -0.192. The normalized spacial score (nSPS) is 21.4. The molecule has 0 saturated carbocycles. The van der Waals surface area contributed by atoms with Crippen LogP contribution in [0, 0.1) is 5.92 Å². The summed E-state index contributed by atoms with van der Waals surface area (Å²) < 4.78 is 5.68. The summed E-state index contributed by atoms with van der Waals surface area (Å²) in [6.45, 7) is 6.40. The van der Waals surface area contributed by atoms with Gasteiger partial charge in [-0.15, -0.1) is 10.2 Å².